The number of amides is 1. The average Bonchev–Trinajstić information content (AvgIpc) is 2.66. The van der Waals surface area contributed by atoms with Crippen molar-refractivity contribution in [1.29, 1.82) is 0 Å². The number of anilines is 1. The first-order valence-electron chi connectivity index (χ1n) is 10.6. The third-order valence-electron chi connectivity index (χ3n) is 7.29. The lowest BCUT2D eigenvalue weighted by molar-refractivity contribution is -0.146. The van der Waals surface area contributed by atoms with Crippen molar-refractivity contribution < 1.29 is 4.79 Å². The van der Waals surface area contributed by atoms with Gasteiger partial charge in [0.15, 0.2) is 0 Å². The molecular weight excluding hydrogens is 324 g/mol. The van der Waals surface area contributed by atoms with E-state index >= 15 is 0 Å². The molecular formula is C21H30N4O. The molecule has 0 unspecified atom stereocenters. The lowest BCUT2D eigenvalue weighted by atomic mass is 9.49. The van der Waals surface area contributed by atoms with Crippen molar-refractivity contribution in [3.8, 4) is 0 Å². The predicted octanol–water partition coefficient (Wildman–Crippen LogP) is 3.30. The lowest BCUT2D eigenvalue weighted by Crippen LogP contribution is -2.53. The van der Waals surface area contributed by atoms with Crippen molar-refractivity contribution in [2.45, 2.75) is 64.3 Å². The maximum absolute atomic E-state index is 13.1. The van der Waals surface area contributed by atoms with Gasteiger partial charge in [0.25, 0.3) is 0 Å². The van der Waals surface area contributed by atoms with E-state index < -0.39 is 0 Å². The molecule has 4 aliphatic carbocycles. The molecule has 1 saturated heterocycles. The SMILES string of the molecule is O=C(NCc1ccnc(N2CCCCC2)n1)C12CC3CC(CC(C3)C1)C2. The average molecular weight is 354 g/mol. The molecule has 1 aromatic heterocycles. The van der Waals surface area contributed by atoms with Crippen LogP contribution in [0.3, 0.4) is 0 Å². The van der Waals surface area contributed by atoms with Gasteiger partial charge in [-0.2, -0.15) is 0 Å². The Balaban J connectivity index is 1.24. The summed E-state index contributed by atoms with van der Waals surface area (Å²) in [6.45, 7) is 2.62. The first kappa shape index (κ1) is 16.5. The standard InChI is InChI=1S/C21H30N4O/c26-19(21-11-15-8-16(12-21)10-17(9-15)13-21)23-14-18-4-5-22-20(24-18)25-6-2-1-3-7-25/h4-5,15-17H,1-3,6-14H2,(H,23,26). The van der Waals surface area contributed by atoms with Crippen LogP contribution in [-0.2, 0) is 11.3 Å². The summed E-state index contributed by atoms with van der Waals surface area (Å²) in [4.78, 5) is 24.5. The molecule has 4 saturated carbocycles. The van der Waals surface area contributed by atoms with E-state index in [0.717, 1.165) is 61.7 Å². The van der Waals surface area contributed by atoms with Gasteiger partial charge in [-0.25, -0.2) is 9.97 Å². The van der Waals surface area contributed by atoms with Crippen LogP contribution in [0.2, 0.25) is 0 Å². The fourth-order valence-corrected chi connectivity index (χ4v) is 6.48. The van der Waals surface area contributed by atoms with Gasteiger partial charge in [-0.15, -0.1) is 0 Å². The molecule has 4 bridgehead atoms. The minimum absolute atomic E-state index is 0.0719. The van der Waals surface area contributed by atoms with E-state index in [1.165, 1.54) is 38.5 Å². The van der Waals surface area contributed by atoms with Crippen molar-refractivity contribution in [2.75, 3.05) is 18.0 Å². The van der Waals surface area contributed by atoms with Gasteiger partial charge < -0.3 is 10.2 Å². The van der Waals surface area contributed by atoms with Gasteiger partial charge in [0.1, 0.15) is 0 Å². The van der Waals surface area contributed by atoms with Crippen LogP contribution in [0.1, 0.15) is 63.5 Å². The van der Waals surface area contributed by atoms with Crippen molar-refractivity contribution in [3.05, 3.63) is 18.0 Å². The minimum Gasteiger partial charge on any atom is -0.350 e. The van der Waals surface area contributed by atoms with Gasteiger partial charge in [-0.1, -0.05) is 0 Å². The van der Waals surface area contributed by atoms with Crippen LogP contribution in [0.5, 0.6) is 0 Å². The quantitative estimate of drug-likeness (QED) is 0.901. The zero-order chi connectivity index (χ0) is 17.6. The fraction of sp³-hybridized carbons (Fsp3) is 0.762. The first-order chi connectivity index (χ1) is 12.7. The molecule has 5 fully saturated rings. The summed E-state index contributed by atoms with van der Waals surface area (Å²) < 4.78 is 0. The van der Waals surface area contributed by atoms with Gasteiger partial charge in [-0.3, -0.25) is 4.79 Å². The molecule has 140 valence electrons. The van der Waals surface area contributed by atoms with Crippen molar-refractivity contribution >= 4 is 11.9 Å². The van der Waals surface area contributed by atoms with Crippen LogP contribution >= 0.6 is 0 Å². The summed E-state index contributed by atoms with van der Waals surface area (Å²) in [5.74, 6) is 3.52. The number of hydrogen-bond acceptors (Lipinski definition) is 4. The number of nitrogens with zero attached hydrogens (tertiary/aromatic N) is 3. The highest BCUT2D eigenvalue weighted by Gasteiger charge is 2.54. The van der Waals surface area contributed by atoms with Crippen LogP contribution in [-0.4, -0.2) is 29.0 Å². The highest BCUT2D eigenvalue weighted by atomic mass is 16.2. The lowest BCUT2D eigenvalue weighted by Gasteiger charge is -2.55. The molecule has 1 amide bonds. The molecule has 0 radical (unpaired) electrons. The molecule has 26 heavy (non-hydrogen) atoms. The monoisotopic (exact) mass is 354 g/mol. The maximum atomic E-state index is 13.1. The molecule has 5 heteroatoms. The van der Waals surface area contributed by atoms with Crippen LogP contribution in [0.4, 0.5) is 5.95 Å². The summed E-state index contributed by atoms with van der Waals surface area (Å²) in [6.07, 6.45) is 13.1. The Hall–Kier alpha value is -1.65. The largest absolute Gasteiger partial charge is 0.350 e. The highest BCUT2D eigenvalue weighted by molar-refractivity contribution is 5.83. The Morgan fingerprint density at radius 2 is 1.73 bits per heavy atom. The fourth-order valence-electron chi connectivity index (χ4n) is 6.48. The van der Waals surface area contributed by atoms with E-state index in [2.05, 4.69) is 15.2 Å². The molecule has 5 nitrogen and oxygen atoms in total. The normalized spacial score (nSPS) is 35.5. The Labute approximate surface area is 156 Å². The zero-order valence-corrected chi connectivity index (χ0v) is 15.6. The number of rotatable bonds is 4. The molecule has 6 rings (SSSR count). The Morgan fingerprint density at radius 3 is 2.38 bits per heavy atom. The van der Waals surface area contributed by atoms with Gasteiger partial charge in [0, 0.05) is 24.7 Å². The smallest absolute Gasteiger partial charge is 0.226 e. The molecule has 0 spiro atoms. The summed E-state index contributed by atoms with van der Waals surface area (Å²) in [5.41, 5.74) is 0.857. The summed E-state index contributed by atoms with van der Waals surface area (Å²) >= 11 is 0. The number of carbonyl (C=O) groups excluding carboxylic acids is 1. The van der Waals surface area contributed by atoms with E-state index in [1.54, 1.807) is 0 Å². The van der Waals surface area contributed by atoms with Gasteiger partial charge >= 0.3 is 0 Å². The second-order valence-electron chi connectivity index (χ2n) is 9.28. The second kappa shape index (κ2) is 6.50. The maximum Gasteiger partial charge on any atom is 0.226 e. The third kappa shape index (κ3) is 2.99. The van der Waals surface area contributed by atoms with E-state index in [-0.39, 0.29) is 11.3 Å². The number of nitrogens with one attached hydrogen (secondary N) is 1. The molecule has 2 heterocycles. The number of hydrogen-bond donors (Lipinski definition) is 1. The molecule has 1 aromatic rings. The van der Waals surface area contributed by atoms with E-state index in [9.17, 15) is 4.79 Å². The second-order valence-corrected chi connectivity index (χ2v) is 9.28. The highest BCUT2D eigenvalue weighted by Crippen LogP contribution is 2.60. The molecule has 5 aliphatic rings. The number of carbonyl (C=O) groups is 1. The minimum atomic E-state index is -0.0719. The number of piperidine rings is 1. The summed E-state index contributed by atoms with van der Waals surface area (Å²) in [5, 5.41) is 3.24. The van der Waals surface area contributed by atoms with E-state index in [0.29, 0.717) is 6.54 Å². The van der Waals surface area contributed by atoms with Crippen LogP contribution < -0.4 is 10.2 Å². The number of aromatic nitrogens is 2. The summed E-state index contributed by atoms with van der Waals surface area (Å²) in [6, 6.07) is 1.94. The molecule has 1 N–H and O–H groups in total. The van der Waals surface area contributed by atoms with Crippen LogP contribution in [0.15, 0.2) is 12.3 Å². The Bertz CT molecular complexity index is 647. The van der Waals surface area contributed by atoms with Gasteiger partial charge in [-0.05, 0) is 81.6 Å². The third-order valence-corrected chi connectivity index (χ3v) is 7.29. The van der Waals surface area contributed by atoms with Crippen LogP contribution in [0, 0.1) is 23.2 Å². The van der Waals surface area contributed by atoms with Crippen molar-refractivity contribution in [1.82, 2.24) is 15.3 Å². The molecule has 0 aromatic carbocycles. The Morgan fingerprint density at radius 1 is 1.08 bits per heavy atom. The van der Waals surface area contributed by atoms with Crippen LogP contribution in [0.25, 0.3) is 0 Å². The van der Waals surface area contributed by atoms with Crippen molar-refractivity contribution in [2.24, 2.45) is 23.2 Å². The Kier molecular flexibility index (Phi) is 4.13. The topological polar surface area (TPSA) is 58.1 Å². The first-order valence-corrected chi connectivity index (χ1v) is 10.6. The zero-order valence-electron chi connectivity index (χ0n) is 15.6. The van der Waals surface area contributed by atoms with Gasteiger partial charge in [0.05, 0.1) is 12.2 Å². The van der Waals surface area contributed by atoms with Gasteiger partial charge in [0.2, 0.25) is 11.9 Å². The molecule has 0 atom stereocenters. The summed E-state index contributed by atoms with van der Waals surface area (Å²) in [7, 11) is 0. The van der Waals surface area contributed by atoms with E-state index in [1.807, 2.05) is 12.3 Å². The van der Waals surface area contributed by atoms with E-state index in [4.69, 9.17) is 4.98 Å². The van der Waals surface area contributed by atoms with Crippen molar-refractivity contribution in [3.63, 3.8) is 0 Å². The predicted molar refractivity (Wildman–Crippen MR) is 101 cm³/mol. The molecule has 1 aliphatic heterocycles.